The number of thiophene rings is 1. The summed E-state index contributed by atoms with van der Waals surface area (Å²) in [6.45, 7) is 0.192. The molecular formula is C14H16N2O3S2. The molecule has 5 nitrogen and oxygen atoms in total. The van der Waals surface area contributed by atoms with Crippen LogP contribution >= 0.6 is 11.3 Å². The zero-order valence-electron chi connectivity index (χ0n) is 11.3. The Balaban J connectivity index is 1.72. The molecule has 21 heavy (non-hydrogen) atoms. The molecule has 2 heterocycles. The average molecular weight is 324 g/mol. The van der Waals surface area contributed by atoms with Gasteiger partial charge in [-0.05, 0) is 42.5 Å². The van der Waals surface area contributed by atoms with E-state index >= 15 is 0 Å². The Bertz CT molecular complexity index is 796. The van der Waals surface area contributed by atoms with E-state index in [1.54, 1.807) is 12.1 Å². The third kappa shape index (κ3) is 2.89. The van der Waals surface area contributed by atoms with Crippen LogP contribution in [-0.2, 0) is 9.84 Å². The minimum Gasteiger partial charge on any atom is -0.399 e. The highest BCUT2D eigenvalue weighted by atomic mass is 32.2. The Morgan fingerprint density at radius 2 is 2.19 bits per heavy atom. The average Bonchev–Trinajstić information content (AvgIpc) is 2.98. The maximum atomic E-state index is 12.1. The zero-order chi connectivity index (χ0) is 15.0. The van der Waals surface area contributed by atoms with Gasteiger partial charge in [0.2, 0.25) is 0 Å². The number of hydrogen-bond acceptors (Lipinski definition) is 5. The molecule has 0 spiro atoms. The number of sulfone groups is 1. The molecule has 7 heteroatoms. The van der Waals surface area contributed by atoms with E-state index in [9.17, 15) is 13.2 Å². The highest BCUT2D eigenvalue weighted by Gasteiger charge is 2.31. The van der Waals surface area contributed by atoms with E-state index in [0.717, 1.165) is 10.1 Å². The van der Waals surface area contributed by atoms with Gasteiger partial charge in [0.15, 0.2) is 9.84 Å². The van der Waals surface area contributed by atoms with Crippen molar-refractivity contribution < 1.29 is 13.2 Å². The molecule has 1 aliphatic heterocycles. The third-order valence-corrected chi connectivity index (χ3v) is 7.11. The summed E-state index contributed by atoms with van der Waals surface area (Å²) in [6, 6.07) is 7.29. The molecule has 3 rings (SSSR count). The van der Waals surface area contributed by atoms with E-state index in [0.29, 0.717) is 23.4 Å². The fourth-order valence-corrected chi connectivity index (χ4v) is 5.28. The number of anilines is 1. The Hall–Kier alpha value is -1.60. The van der Waals surface area contributed by atoms with Crippen LogP contribution in [0.4, 0.5) is 5.69 Å². The first kappa shape index (κ1) is 14.3. The molecule has 3 N–H and O–H groups in total. The van der Waals surface area contributed by atoms with Crippen LogP contribution in [0.15, 0.2) is 24.3 Å². The quantitative estimate of drug-likeness (QED) is 0.842. The summed E-state index contributed by atoms with van der Waals surface area (Å²) in [6.07, 6.45) is 1.32. The largest absolute Gasteiger partial charge is 0.399 e. The Morgan fingerprint density at radius 1 is 1.38 bits per heavy atom. The van der Waals surface area contributed by atoms with Crippen LogP contribution in [0.25, 0.3) is 10.1 Å². The van der Waals surface area contributed by atoms with E-state index in [4.69, 9.17) is 5.73 Å². The molecule has 1 atom stereocenters. The summed E-state index contributed by atoms with van der Waals surface area (Å²) in [7, 11) is -3.02. The van der Waals surface area contributed by atoms with Gasteiger partial charge in [-0.25, -0.2) is 8.42 Å². The molecule has 1 saturated heterocycles. The molecule has 1 unspecified atom stereocenters. The van der Waals surface area contributed by atoms with Gasteiger partial charge in [0.25, 0.3) is 5.91 Å². The molecular weight excluding hydrogens is 308 g/mol. The van der Waals surface area contributed by atoms with Gasteiger partial charge in [0.05, 0.1) is 15.9 Å². The number of nitrogens with one attached hydrogen (secondary N) is 1. The number of nitrogens with two attached hydrogens (primary N) is 1. The summed E-state index contributed by atoms with van der Waals surface area (Å²) in [5, 5.41) is 3.22. The highest BCUT2D eigenvalue weighted by molar-refractivity contribution is 7.92. The lowest BCUT2D eigenvalue weighted by Gasteiger charge is -2.09. The van der Waals surface area contributed by atoms with Crippen molar-refractivity contribution in [3.8, 4) is 0 Å². The number of fused-ring (bicyclic) bond motifs is 1. The van der Waals surface area contributed by atoms with Crippen molar-refractivity contribution in [3.63, 3.8) is 0 Å². The topological polar surface area (TPSA) is 89.3 Å². The van der Waals surface area contributed by atoms with Gasteiger partial charge in [-0.15, -0.1) is 11.3 Å². The van der Waals surface area contributed by atoms with E-state index in [2.05, 4.69) is 5.32 Å². The molecule has 0 bridgehead atoms. The van der Waals surface area contributed by atoms with Crippen molar-refractivity contribution >= 4 is 42.9 Å². The molecule has 0 radical (unpaired) electrons. The second-order valence-electron chi connectivity index (χ2n) is 5.25. The smallest absolute Gasteiger partial charge is 0.261 e. The Kier molecular flexibility index (Phi) is 3.62. The van der Waals surface area contributed by atoms with Gasteiger partial charge >= 0.3 is 0 Å². The van der Waals surface area contributed by atoms with Crippen molar-refractivity contribution in [1.82, 2.24) is 5.32 Å². The van der Waals surface area contributed by atoms with Crippen LogP contribution in [-0.4, -0.2) is 31.9 Å². The molecule has 1 aromatic carbocycles. The van der Waals surface area contributed by atoms with Crippen LogP contribution in [0, 0.1) is 0 Å². The number of rotatable bonds is 3. The molecule has 0 saturated carbocycles. The van der Waals surface area contributed by atoms with E-state index in [1.807, 2.05) is 12.1 Å². The molecule has 1 aliphatic rings. The maximum Gasteiger partial charge on any atom is 0.261 e. The number of benzene rings is 1. The molecule has 1 fully saturated rings. The first-order valence-corrected chi connectivity index (χ1v) is 9.28. The summed E-state index contributed by atoms with van der Waals surface area (Å²) in [4.78, 5) is 12.7. The normalized spacial score (nSPS) is 20.7. The molecule has 1 amide bonds. The second kappa shape index (κ2) is 5.31. The summed E-state index contributed by atoms with van der Waals surface area (Å²) in [5.74, 6) is 0.00673. The van der Waals surface area contributed by atoms with Crippen LogP contribution in [0.1, 0.15) is 22.5 Å². The fraction of sp³-hybridized carbons (Fsp3) is 0.357. The summed E-state index contributed by atoms with van der Waals surface area (Å²) < 4.78 is 24.4. The van der Waals surface area contributed by atoms with Crippen LogP contribution in [0.3, 0.4) is 0 Å². The van der Waals surface area contributed by atoms with Gasteiger partial charge in [-0.1, -0.05) is 0 Å². The number of nitrogen functional groups attached to an aromatic ring is 1. The van der Waals surface area contributed by atoms with Crippen molar-refractivity contribution in [3.05, 3.63) is 29.1 Å². The van der Waals surface area contributed by atoms with Gasteiger partial charge in [-0.3, -0.25) is 4.79 Å². The number of amides is 1. The maximum absolute atomic E-state index is 12.1. The summed E-state index contributed by atoms with van der Waals surface area (Å²) >= 11 is 1.38. The number of carbonyl (C=O) groups is 1. The Morgan fingerprint density at radius 3 is 2.90 bits per heavy atom. The van der Waals surface area contributed by atoms with Crippen molar-refractivity contribution in [2.75, 3.05) is 18.0 Å². The van der Waals surface area contributed by atoms with Gasteiger partial charge in [0, 0.05) is 16.9 Å². The highest BCUT2D eigenvalue weighted by Crippen LogP contribution is 2.27. The van der Waals surface area contributed by atoms with Crippen LogP contribution in [0.5, 0.6) is 0 Å². The fourth-order valence-electron chi connectivity index (χ4n) is 2.55. The van der Waals surface area contributed by atoms with E-state index < -0.39 is 15.1 Å². The lowest BCUT2D eigenvalue weighted by Crippen LogP contribution is -2.34. The van der Waals surface area contributed by atoms with Crippen molar-refractivity contribution in [2.24, 2.45) is 0 Å². The lowest BCUT2D eigenvalue weighted by molar-refractivity contribution is 0.0957. The van der Waals surface area contributed by atoms with E-state index in [1.165, 1.54) is 11.3 Å². The second-order valence-corrected chi connectivity index (χ2v) is 8.73. The monoisotopic (exact) mass is 324 g/mol. The molecule has 2 aromatic rings. The SMILES string of the molecule is Nc1ccc2sc(C(=O)NCC3CCCS3(=O)=O)cc2c1. The zero-order valence-corrected chi connectivity index (χ0v) is 13.0. The molecule has 1 aromatic heterocycles. The predicted octanol–water partition coefficient (Wildman–Crippen LogP) is 1.79. The predicted molar refractivity (Wildman–Crippen MR) is 85.4 cm³/mol. The van der Waals surface area contributed by atoms with Gasteiger partial charge in [-0.2, -0.15) is 0 Å². The van der Waals surface area contributed by atoms with Crippen molar-refractivity contribution in [1.29, 1.82) is 0 Å². The first-order chi connectivity index (χ1) is 9.95. The first-order valence-electron chi connectivity index (χ1n) is 6.74. The molecule has 112 valence electrons. The van der Waals surface area contributed by atoms with Crippen molar-refractivity contribution in [2.45, 2.75) is 18.1 Å². The van der Waals surface area contributed by atoms with Gasteiger partial charge in [0.1, 0.15) is 0 Å². The van der Waals surface area contributed by atoms with Crippen LogP contribution < -0.4 is 11.1 Å². The van der Waals surface area contributed by atoms with E-state index in [-0.39, 0.29) is 18.2 Å². The molecule has 0 aliphatic carbocycles. The standard InChI is InChI=1S/C14H16N2O3S2/c15-10-3-4-12-9(6-10)7-13(20-12)14(17)16-8-11-2-1-5-21(11,18)19/h3-4,6-7,11H,1-2,5,8,15H2,(H,16,17). The number of hydrogen-bond donors (Lipinski definition) is 2. The Labute approximate surface area is 127 Å². The summed E-state index contributed by atoms with van der Waals surface area (Å²) in [5.41, 5.74) is 6.37. The minimum atomic E-state index is -3.02. The minimum absolute atomic E-state index is 0.192. The third-order valence-electron chi connectivity index (χ3n) is 3.72. The lowest BCUT2D eigenvalue weighted by atomic mass is 10.2. The van der Waals surface area contributed by atoms with Gasteiger partial charge < -0.3 is 11.1 Å². The van der Waals surface area contributed by atoms with Crippen LogP contribution in [0.2, 0.25) is 0 Å². The number of carbonyl (C=O) groups excluding carboxylic acids is 1.